The number of nitrogens with two attached hydrogens (primary N) is 1. The van der Waals surface area contributed by atoms with E-state index in [0.717, 1.165) is 5.56 Å². The monoisotopic (exact) mass is 195 g/mol. The Hall–Kier alpha value is -1.06. The third kappa shape index (κ3) is 2.25. The number of hydrogen-bond acceptors (Lipinski definition) is 3. The third-order valence-electron chi connectivity index (χ3n) is 2.31. The first kappa shape index (κ1) is 11.0. The van der Waals surface area contributed by atoms with Crippen molar-refractivity contribution in [2.24, 2.45) is 5.73 Å². The average Bonchev–Trinajstić information content (AvgIpc) is 2.17. The topological polar surface area (TPSA) is 66.5 Å². The minimum atomic E-state index is -0.506. The van der Waals surface area contributed by atoms with Crippen LogP contribution >= 0.6 is 0 Å². The van der Waals surface area contributed by atoms with Crippen molar-refractivity contribution in [3.63, 3.8) is 0 Å². The lowest BCUT2D eigenvalue weighted by Crippen LogP contribution is -2.14. The Morgan fingerprint density at radius 3 is 2.50 bits per heavy atom. The molecular formula is C11H17NO2. The second-order valence-electron chi connectivity index (χ2n) is 3.76. The van der Waals surface area contributed by atoms with Crippen LogP contribution in [-0.4, -0.2) is 16.8 Å². The van der Waals surface area contributed by atoms with Crippen LogP contribution in [0.25, 0.3) is 0 Å². The van der Waals surface area contributed by atoms with E-state index in [1.54, 1.807) is 6.07 Å². The Kier molecular flexibility index (Phi) is 3.49. The minimum Gasteiger partial charge on any atom is -0.508 e. The molecule has 0 saturated carbocycles. The molecule has 0 aliphatic heterocycles. The Balaban J connectivity index is 3.08. The Bertz CT molecular complexity index is 310. The first-order valence-electron chi connectivity index (χ1n) is 4.75. The van der Waals surface area contributed by atoms with Gasteiger partial charge >= 0.3 is 0 Å². The first-order valence-corrected chi connectivity index (χ1v) is 4.75. The highest BCUT2D eigenvalue weighted by Crippen LogP contribution is 2.26. The van der Waals surface area contributed by atoms with Crippen LogP contribution in [0.4, 0.5) is 0 Å². The molecule has 0 fully saturated rings. The molecular weight excluding hydrogens is 178 g/mol. The van der Waals surface area contributed by atoms with E-state index in [0.29, 0.717) is 11.5 Å². The average molecular weight is 195 g/mol. The van der Waals surface area contributed by atoms with Crippen LogP contribution in [0.2, 0.25) is 0 Å². The summed E-state index contributed by atoms with van der Waals surface area (Å²) >= 11 is 0. The zero-order valence-electron chi connectivity index (χ0n) is 8.57. The van der Waals surface area contributed by atoms with Crippen LogP contribution in [0.15, 0.2) is 18.2 Å². The van der Waals surface area contributed by atoms with Crippen LogP contribution in [0, 0.1) is 0 Å². The lowest BCUT2D eigenvalue weighted by atomic mass is 9.97. The van der Waals surface area contributed by atoms with E-state index >= 15 is 0 Å². The SMILES string of the molecule is CC(C)c1ccc(O)c([C@H](N)CO)c1. The van der Waals surface area contributed by atoms with Crippen molar-refractivity contribution in [3.05, 3.63) is 29.3 Å². The fourth-order valence-electron chi connectivity index (χ4n) is 1.33. The zero-order chi connectivity index (χ0) is 10.7. The summed E-state index contributed by atoms with van der Waals surface area (Å²) in [5.74, 6) is 0.538. The summed E-state index contributed by atoms with van der Waals surface area (Å²) in [5.41, 5.74) is 7.38. The number of benzene rings is 1. The summed E-state index contributed by atoms with van der Waals surface area (Å²) in [6.07, 6.45) is 0. The van der Waals surface area contributed by atoms with E-state index in [9.17, 15) is 5.11 Å². The van der Waals surface area contributed by atoms with E-state index < -0.39 is 6.04 Å². The predicted octanol–water partition coefficient (Wildman–Crippen LogP) is 1.51. The predicted molar refractivity (Wildman–Crippen MR) is 56.2 cm³/mol. The summed E-state index contributed by atoms with van der Waals surface area (Å²) in [5, 5.41) is 18.4. The molecule has 1 rings (SSSR count). The van der Waals surface area contributed by atoms with Gasteiger partial charge in [-0.25, -0.2) is 0 Å². The standard InChI is InChI=1S/C11H17NO2/c1-7(2)8-3-4-11(14)9(5-8)10(12)6-13/h3-5,7,10,13-14H,6,12H2,1-2H3/t10-/m1/s1. The van der Waals surface area contributed by atoms with Crippen molar-refractivity contribution >= 4 is 0 Å². The Morgan fingerprint density at radius 2 is 2.00 bits per heavy atom. The van der Waals surface area contributed by atoms with Gasteiger partial charge in [0.25, 0.3) is 0 Å². The number of hydrogen-bond donors (Lipinski definition) is 3. The van der Waals surface area contributed by atoms with Crippen LogP contribution in [0.3, 0.4) is 0 Å². The van der Waals surface area contributed by atoms with Gasteiger partial charge in [-0.1, -0.05) is 26.0 Å². The van der Waals surface area contributed by atoms with Crippen molar-refractivity contribution in [1.29, 1.82) is 0 Å². The molecule has 14 heavy (non-hydrogen) atoms. The maximum atomic E-state index is 9.53. The van der Waals surface area contributed by atoms with Crippen molar-refractivity contribution in [2.75, 3.05) is 6.61 Å². The van der Waals surface area contributed by atoms with E-state index in [4.69, 9.17) is 10.8 Å². The largest absolute Gasteiger partial charge is 0.508 e. The number of phenolic OH excluding ortho intramolecular Hbond substituents is 1. The van der Waals surface area contributed by atoms with Gasteiger partial charge in [-0.3, -0.25) is 0 Å². The number of rotatable bonds is 3. The number of phenols is 1. The molecule has 1 aromatic carbocycles. The fourth-order valence-corrected chi connectivity index (χ4v) is 1.33. The van der Waals surface area contributed by atoms with Crippen LogP contribution in [0.1, 0.15) is 36.9 Å². The van der Waals surface area contributed by atoms with Crippen molar-refractivity contribution in [2.45, 2.75) is 25.8 Å². The van der Waals surface area contributed by atoms with Gasteiger partial charge in [0.15, 0.2) is 0 Å². The van der Waals surface area contributed by atoms with Gasteiger partial charge in [0.2, 0.25) is 0 Å². The Labute approximate surface area is 84.2 Å². The second kappa shape index (κ2) is 4.44. The summed E-state index contributed by atoms with van der Waals surface area (Å²) in [6.45, 7) is 3.98. The molecule has 1 atom stereocenters. The summed E-state index contributed by atoms with van der Waals surface area (Å²) in [7, 11) is 0. The molecule has 0 spiro atoms. The van der Waals surface area contributed by atoms with Gasteiger partial charge in [-0.2, -0.15) is 0 Å². The third-order valence-corrected chi connectivity index (χ3v) is 2.31. The number of aliphatic hydroxyl groups excluding tert-OH is 1. The van der Waals surface area contributed by atoms with Gasteiger partial charge in [-0.15, -0.1) is 0 Å². The minimum absolute atomic E-state index is 0.149. The molecule has 1 aromatic rings. The molecule has 3 nitrogen and oxygen atoms in total. The molecule has 0 heterocycles. The lowest BCUT2D eigenvalue weighted by Gasteiger charge is -2.14. The molecule has 0 amide bonds. The number of aliphatic hydroxyl groups is 1. The van der Waals surface area contributed by atoms with Crippen LogP contribution in [0.5, 0.6) is 5.75 Å². The highest BCUT2D eigenvalue weighted by atomic mass is 16.3. The maximum Gasteiger partial charge on any atom is 0.120 e. The van der Waals surface area contributed by atoms with Crippen molar-refractivity contribution in [3.8, 4) is 5.75 Å². The van der Waals surface area contributed by atoms with Gasteiger partial charge in [0.1, 0.15) is 5.75 Å². The summed E-state index contributed by atoms with van der Waals surface area (Å²) < 4.78 is 0. The van der Waals surface area contributed by atoms with Crippen LogP contribution < -0.4 is 5.73 Å². The fraction of sp³-hybridized carbons (Fsp3) is 0.455. The molecule has 4 N–H and O–H groups in total. The molecule has 0 aromatic heterocycles. The van der Waals surface area contributed by atoms with Gasteiger partial charge in [0.05, 0.1) is 12.6 Å². The van der Waals surface area contributed by atoms with Gasteiger partial charge in [0, 0.05) is 5.56 Å². The van der Waals surface area contributed by atoms with Gasteiger partial charge in [-0.05, 0) is 17.5 Å². The molecule has 0 aliphatic rings. The van der Waals surface area contributed by atoms with E-state index in [1.807, 2.05) is 12.1 Å². The van der Waals surface area contributed by atoms with E-state index in [1.165, 1.54) is 0 Å². The number of aromatic hydroxyl groups is 1. The van der Waals surface area contributed by atoms with Crippen molar-refractivity contribution in [1.82, 2.24) is 0 Å². The van der Waals surface area contributed by atoms with E-state index in [2.05, 4.69) is 13.8 Å². The summed E-state index contributed by atoms with van der Waals surface area (Å²) in [4.78, 5) is 0. The van der Waals surface area contributed by atoms with Crippen molar-refractivity contribution < 1.29 is 10.2 Å². The smallest absolute Gasteiger partial charge is 0.120 e. The van der Waals surface area contributed by atoms with Crippen LogP contribution in [-0.2, 0) is 0 Å². The molecule has 0 aliphatic carbocycles. The van der Waals surface area contributed by atoms with E-state index in [-0.39, 0.29) is 12.4 Å². The zero-order valence-corrected chi connectivity index (χ0v) is 8.57. The quantitative estimate of drug-likeness (QED) is 0.684. The highest BCUT2D eigenvalue weighted by molar-refractivity contribution is 5.39. The second-order valence-corrected chi connectivity index (χ2v) is 3.76. The molecule has 78 valence electrons. The summed E-state index contributed by atoms with van der Waals surface area (Å²) in [6, 6.07) is 4.84. The molecule has 0 unspecified atom stereocenters. The first-order chi connectivity index (χ1) is 6.56. The molecule has 3 heteroatoms. The highest BCUT2D eigenvalue weighted by Gasteiger charge is 2.11. The molecule has 0 bridgehead atoms. The maximum absolute atomic E-state index is 9.53. The lowest BCUT2D eigenvalue weighted by molar-refractivity contribution is 0.265. The molecule has 0 saturated heterocycles. The Morgan fingerprint density at radius 1 is 1.36 bits per heavy atom. The van der Waals surface area contributed by atoms with Gasteiger partial charge < -0.3 is 15.9 Å². The normalized spacial score (nSPS) is 13.2. The molecule has 0 radical (unpaired) electrons.